The summed E-state index contributed by atoms with van der Waals surface area (Å²) in [6.45, 7) is 6.03. The van der Waals surface area contributed by atoms with Crippen LogP contribution < -0.4 is 10.6 Å². The largest absolute Gasteiger partial charge is 0.378 e. The molecular formula is C18H35IN4O2. The number of hydrogen-bond donors (Lipinski definition) is 2. The summed E-state index contributed by atoms with van der Waals surface area (Å²) in [5.74, 6) is 0.780. The van der Waals surface area contributed by atoms with E-state index < -0.39 is 0 Å². The highest BCUT2D eigenvalue weighted by atomic mass is 127. The van der Waals surface area contributed by atoms with Gasteiger partial charge >= 0.3 is 0 Å². The molecule has 0 bridgehead atoms. The van der Waals surface area contributed by atoms with Gasteiger partial charge in [-0.2, -0.15) is 0 Å². The van der Waals surface area contributed by atoms with E-state index >= 15 is 0 Å². The molecule has 0 saturated heterocycles. The monoisotopic (exact) mass is 466 g/mol. The molecule has 1 spiro atoms. The topological polar surface area (TPSA) is 66.0 Å². The Morgan fingerprint density at radius 1 is 1.28 bits per heavy atom. The molecule has 2 atom stereocenters. The highest BCUT2D eigenvalue weighted by Crippen LogP contribution is 2.54. The number of guanidine groups is 1. The summed E-state index contributed by atoms with van der Waals surface area (Å²) in [7, 11) is 3.52. The second kappa shape index (κ2) is 10.5. The number of amides is 1. The van der Waals surface area contributed by atoms with Gasteiger partial charge in [-0.1, -0.05) is 19.8 Å². The predicted molar refractivity (Wildman–Crippen MR) is 113 cm³/mol. The first-order valence-electron chi connectivity index (χ1n) is 9.40. The van der Waals surface area contributed by atoms with Crippen molar-refractivity contribution in [2.24, 2.45) is 10.4 Å². The van der Waals surface area contributed by atoms with Gasteiger partial charge in [0.1, 0.15) is 6.54 Å². The van der Waals surface area contributed by atoms with Crippen LogP contribution in [0.1, 0.15) is 52.4 Å². The number of rotatable bonds is 7. The van der Waals surface area contributed by atoms with E-state index in [1.165, 1.54) is 25.7 Å². The van der Waals surface area contributed by atoms with E-state index in [4.69, 9.17) is 4.74 Å². The molecule has 7 heteroatoms. The number of nitrogens with zero attached hydrogens (tertiary/aromatic N) is 2. The van der Waals surface area contributed by atoms with Gasteiger partial charge < -0.3 is 20.3 Å². The summed E-state index contributed by atoms with van der Waals surface area (Å²) in [4.78, 5) is 17.9. The lowest BCUT2D eigenvalue weighted by molar-refractivity contribution is -0.127. The fourth-order valence-electron chi connectivity index (χ4n) is 3.94. The predicted octanol–water partition coefficient (Wildman–Crippen LogP) is 2.38. The average molecular weight is 466 g/mol. The van der Waals surface area contributed by atoms with Crippen molar-refractivity contribution in [3.63, 3.8) is 0 Å². The summed E-state index contributed by atoms with van der Waals surface area (Å²) in [6, 6.07) is 0.397. The van der Waals surface area contributed by atoms with Crippen molar-refractivity contribution < 1.29 is 9.53 Å². The fourth-order valence-corrected chi connectivity index (χ4v) is 3.94. The smallest absolute Gasteiger partial charge is 0.243 e. The molecule has 1 amide bonds. The third-order valence-electron chi connectivity index (χ3n) is 5.41. The van der Waals surface area contributed by atoms with E-state index in [0.717, 1.165) is 32.0 Å². The van der Waals surface area contributed by atoms with Gasteiger partial charge in [-0.05, 0) is 32.6 Å². The van der Waals surface area contributed by atoms with Crippen molar-refractivity contribution in [3.8, 4) is 0 Å². The van der Waals surface area contributed by atoms with E-state index in [9.17, 15) is 4.79 Å². The van der Waals surface area contributed by atoms with Crippen LogP contribution in [0.2, 0.25) is 0 Å². The van der Waals surface area contributed by atoms with Crippen LogP contribution in [-0.4, -0.2) is 62.7 Å². The van der Waals surface area contributed by atoms with Gasteiger partial charge in [0.15, 0.2) is 5.96 Å². The molecule has 0 aliphatic heterocycles. The van der Waals surface area contributed by atoms with E-state index in [0.29, 0.717) is 12.1 Å². The van der Waals surface area contributed by atoms with Gasteiger partial charge in [-0.25, -0.2) is 4.99 Å². The summed E-state index contributed by atoms with van der Waals surface area (Å²) in [5.41, 5.74) is 0.260. The maximum Gasteiger partial charge on any atom is 0.243 e. The van der Waals surface area contributed by atoms with Crippen molar-refractivity contribution in [2.45, 2.75) is 64.5 Å². The maximum atomic E-state index is 11.8. The van der Waals surface area contributed by atoms with E-state index in [1.807, 2.05) is 0 Å². The third-order valence-corrected chi connectivity index (χ3v) is 5.41. The Morgan fingerprint density at radius 3 is 2.52 bits per heavy atom. The molecule has 6 nitrogen and oxygen atoms in total. The molecule has 2 aliphatic carbocycles. The molecule has 0 aromatic rings. The first kappa shape index (κ1) is 22.5. The number of ether oxygens (including phenoxy) is 1. The van der Waals surface area contributed by atoms with Gasteiger partial charge in [0, 0.05) is 38.7 Å². The van der Waals surface area contributed by atoms with Crippen molar-refractivity contribution in [3.05, 3.63) is 0 Å². The minimum Gasteiger partial charge on any atom is -0.378 e. The summed E-state index contributed by atoms with van der Waals surface area (Å²) < 4.78 is 5.98. The minimum atomic E-state index is 0. The van der Waals surface area contributed by atoms with Crippen molar-refractivity contribution in [1.82, 2.24) is 15.5 Å². The number of carbonyl (C=O) groups is 1. The number of nitrogens with one attached hydrogen (secondary N) is 2. The second-order valence-electron chi connectivity index (χ2n) is 7.20. The Labute approximate surface area is 169 Å². The SMILES string of the molecule is CCCNC(=NCC(=O)N(C)C)NC1CC(OCC)C12CCCC2.I. The minimum absolute atomic E-state index is 0. The van der Waals surface area contributed by atoms with E-state index in [2.05, 4.69) is 29.5 Å². The molecule has 2 aliphatic rings. The molecule has 0 heterocycles. The number of likely N-dealkylation sites (N-methyl/N-ethyl adjacent to an activating group) is 1. The summed E-state index contributed by atoms with van der Waals surface area (Å²) in [6.07, 6.45) is 7.46. The molecule has 2 fully saturated rings. The molecule has 2 N–H and O–H groups in total. The second-order valence-corrected chi connectivity index (χ2v) is 7.20. The lowest BCUT2D eigenvalue weighted by atomic mass is 9.60. The number of aliphatic imine (C=N–C) groups is 1. The average Bonchev–Trinajstić information content (AvgIpc) is 3.08. The number of hydrogen-bond acceptors (Lipinski definition) is 3. The molecule has 0 radical (unpaired) electrons. The standard InChI is InChI=1S/C18H34N4O2.HI/c1-5-11-19-17(20-13-16(23)22(3)4)21-14-12-15(24-6-2)18(14)9-7-8-10-18;/h14-15H,5-13H2,1-4H3,(H2,19,20,21);1H. The van der Waals surface area contributed by atoms with Crippen LogP contribution in [0.15, 0.2) is 4.99 Å². The van der Waals surface area contributed by atoms with Crippen LogP contribution in [0, 0.1) is 5.41 Å². The number of carbonyl (C=O) groups excluding carboxylic acids is 1. The Bertz CT molecular complexity index is 450. The van der Waals surface area contributed by atoms with Crippen LogP contribution in [-0.2, 0) is 9.53 Å². The highest BCUT2D eigenvalue weighted by Gasteiger charge is 2.56. The molecule has 2 rings (SSSR count). The third kappa shape index (κ3) is 5.45. The van der Waals surface area contributed by atoms with Gasteiger partial charge in [0.05, 0.1) is 6.10 Å². The first-order valence-corrected chi connectivity index (χ1v) is 9.40. The quantitative estimate of drug-likeness (QED) is 0.344. The highest BCUT2D eigenvalue weighted by molar-refractivity contribution is 14.0. The summed E-state index contributed by atoms with van der Waals surface area (Å²) in [5, 5.41) is 6.94. The van der Waals surface area contributed by atoms with Crippen LogP contribution in [0.25, 0.3) is 0 Å². The summed E-state index contributed by atoms with van der Waals surface area (Å²) >= 11 is 0. The maximum absolute atomic E-state index is 11.8. The van der Waals surface area contributed by atoms with Crippen LogP contribution in [0.5, 0.6) is 0 Å². The van der Waals surface area contributed by atoms with Crippen LogP contribution >= 0.6 is 24.0 Å². The zero-order valence-corrected chi connectivity index (χ0v) is 18.5. The van der Waals surface area contributed by atoms with Gasteiger partial charge in [-0.3, -0.25) is 4.79 Å². The normalized spacial score (nSPS) is 24.4. The van der Waals surface area contributed by atoms with E-state index in [-0.39, 0.29) is 41.8 Å². The fraction of sp³-hybridized carbons (Fsp3) is 0.889. The molecule has 2 saturated carbocycles. The number of halogens is 1. The molecule has 25 heavy (non-hydrogen) atoms. The Hall–Kier alpha value is -0.570. The Morgan fingerprint density at radius 2 is 1.96 bits per heavy atom. The zero-order valence-electron chi connectivity index (χ0n) is 16.1. The Kier molecular flexibility index (Phi) is 9.48. The van der Waals surface area contributed by atoms with Crippen molar-refractivity contribution >= 4 is 35.8 Å². The lowest BCUT2D eigenvalue weighted by Gasteiger charge is -2.54. The molecule has 146 valence electrons. The first-order chi connectivity index (χ1) is 11.5. The Balaban J connectivity index is 0.00000312. The molecular weight excluding hydrogens is 431 g/mol. The van der Waals surface area contributed by atoms with Crippen molar-refractivity contribution in [1.29, 1.82) is 0 Å². The van der Waals surface area contributed by atoms with Gasteiger partial charge in [0.25, 0.3) is 0 Å². The lowest BCUT2D eigenvalue weighted by Crippen LogP contribution is -2.65. The van der Waals surface area contributed by atoms with Crippen LogP contribution in [0.3, 0.4) is 0 Å². The van der Waals surface area contributed by atoms with E-state index in [1.54, 1.807) is 19.0 Å². The van der Waals surface area contributed by atoms with Gasteiger partial charge in [-0.15, -0.1) is 24.0 Å². The van der Waals surface area contributed by atoms with Gasteiger partial charge in [0.2, 0.25) is 5.91 Å². The zero-order chi connectivity index (χ0) is 17.6. The molecule has 0 aromatic heterocycles. The van der Waals surface area contributed by atoms with Crippen molar-refractivity contribution in [2.75, 3.05) is 33.8 Å². The molecule has 0 aromatic carbocycles. The molecule has 2 unspecified atom stereocenters. The van der Waals surface area contributed by atoms with Crippen LogP contribution in [0.4, 0.5) is 0 Å².